The average Bonchev–Trinajstić information content (AvgIpc) is 3.01. The Labute approximate surface area is 137 Å². The van der Waals surface area contributed by atoms with E-state index in [9.17, 15) is 9.59 Å². The van der Waals surface area contributed by atoms with Gasteiger partial charge in [-0.05, 0) is 22.4 Å². The van der Waals surface area contributed by atoms with Gasteiger partial charge in [0.1, 0.15) is 0 Å². The van der Waals surface area contributed by atoms with Gasteiger partial charge in [0.15, 0.2) is 11.2 Å². The second-order valence-corrected chi connectivity index (χ2v) is 5.93. The van der Waals surface area contributed by atoms with Crippen molar-refractivity contribution < 1.29 is 0 Å². The van der Waals surface area contributed by atoms with Gasteiger partial charge in [-0.15, -0.1) is 0 Å². The number of nitrogens with zero attached hydrogens (tertiary/aromatic N) is 4. The van der Waals surface area contributed by atoms with Crippen molar-refractivity contribution in [2.75, 3.05) is 0 Å². The molecule has 0 aliphatic carbocycles. The van der Waals surface area contributed by atoms with Crippen LogP contribution in [0.4, 0.5) is 0 Å². The van der Waals surface area contributed by atoms with Gasteiger partial charge in [0.25, 0.3) is 5.56 Å². The van der Waals surface area contributed by atoms with Crippen LogP contribution >= 0.6 is 0 Å². The highest BCUT2D eigenvalue weighted by atomic mass is 16.2. The second-order valence-electron chi connectivity index (χ2n) is 5.93. The Bertz CT molecular complexity index is 1200. The quantitative estimate of drug-likeness (QED) is 0.564. The highest BCUT2D eigenvalue weighted by molar-refractivity contribution is 5.83. The van der Waals surface area contributed by atoms with Crippen molar-refractivity contribution in [1.29, 1.82) is 0 Å². The molecular weight excluding hydrogens is 304 g/mol. The van der Waals surface area contributed by atoms with Gasteiger partial charge >= 0.3 is 5.69 Å². The van der Waals surface area contributed by atoms with Gasteiger partial charge in [0.2, 0.25) is 0 Å². The van der Waals surface area contributed by atoms with Crippen LogP contribution in [0.15, 0.2) is 58.4 Å². The molecule has 0 N–H and O–H groups in total. The molecular formula is C18H16N4O2. The molecule has 0 amide bonds. The number of hydrogen-bond acceptors (Lipinski definition) is 3. The van der Waals surface area contributed by atoms with Gasteiger partial charge in [0.05, 0.1) is 6.33 Å². The molecule has 24 heavy (non-hydrogen) atoms. The first-order valence-electron chi connectivity index (χ1n) is 7.65. The Morgan fingerprint density at radius 2 is 1.71 bits per heavy atom. The predicted molar refractivity (Wildman–Crippen MR) is 93.3 cm³/mol. The van der Waals surface area contributed by atoms with Crippen LogP contribution in [0.2, 0.25) is 0 Å². The number of imidazole rings is 1. The van der Waals surface area contributed by atoms with Gasteiger partial charge in [0, 0.05) is 20.6 Å². The summed E-state index contributed by atoms with van der Waals surface area (Å²) in [6, 6.07) is 14.4. The van der Waals surface area contributed by atoms with Crippen molar-refractivity contribution in [3.8, 4) is 0 Å². The fourth-order valence-corrected chi connectivity index (χ4v) is 3.05. The predicted octanol–water partition coefficient (Wildman–Crippen LogP) is 1.64. The maximum Gasteiger partial charge on any atom is 0.332 e. The molecule has 6 heteroatoms. The number of rotatable bonds is 2. The molecule has 0 atom stereocenters. The lowest BCUT2D eigenvalue weighted by molar-refractivity contribution is 0.702. The number of aryl methyl sites for hydroxylation is 1. The Morgan fingerprint density at radius 3 is 2.50 bits per heavy atom. The van der Waals surface area contributed by atoms with E-state index in [-0.39, 0.29) is 11.2 Å². The van der Waals surface area contributed by atoms with Crippen LogP contribution in [-0.4, -0.2) is 18.7 Å². The summed E-state index contributed by atoms with van der Waals surface area (Å²) in [4.78, 5) is 28.7. The smallest absolute Gasteiger partial charge is 0.320 e. The minimum Gasteiger partial charge on any atom is -0.320 e. The lowest BCUT2D eigenvalue weighted by atomic mass is 10.1. The molecule has 0 fully saturated rings. The third-order valence-corrected chi connectivity index (χ3v) is 4.38. The van der Waals surface area contributed by atoms with E-state index >= 15 is 0 Å². The van der Waals surface area contributed by atoms with Crippen molar-refractivity contribution in [2.24, 2.45) is 14.1 Å². The van der Waals surface area contributed by atoms with E-state index in [0.717, 1.165) is 15.5 Å². The summed E-state index contributed by atoms with van der Waals surface area (Å²) in [5, 5.41) is 2.33. The zero-order valence-electron chi connectivity index (χ0n) is 13.4. The third kappa shape index (κ3) is 2.07. The van der Waals surface area contributed by atoms with Crippen molar-refractivity contribution in [3.63, 3.8) is 0 Å². The maximum atomic E-state index is 12.5. The fourth-order valence-electron chi connectivity index (χ4n) is 3.05. The van der Waals surface area contributed by atoms with Gasteiger partial charge in [-0.3, -0.25) is 13.9 Å². The SMILES string of the molecule is Cn1c(=O)c2c(ncn2Cc2ccc3ccccc3c2)n(C)c1=O. The highest BCUT2D eigenvalue weighted by Crippen LogP contribution is 2.17. The standard InChI is InChI=1S/C18H16N4O2/c1-20-16-15(17(23)21(2)18(20)24)22(11-19-16)10-12-7-8-13-5-3-4-6-14(13)9-12/h3-9,11H,10H2,1-2H3. The first-order valence-corrected chi connectivity index (χ1v) is 7.65. The Hall–Kier alpha value is -3.15. The van der Waals surface area contributed by atoms with Gasteiger partial charge in [-0.2, -0.15) is 0 Å². The molecule has 2 aromatic heterocycles. The molecule has 0 aliphatic rings. The van der Waals surface area contributed by atoms with Crippen LogP contribution in [0.3, 0.4) is 0 Å². The topological polar surface area (TPSA) is 61.8 Å². The largest absolute Gasteiger partial charge is 0.332 e. The Morgan fingerprint density at radius 1 is 0.958 bits per heavy atom. The molecule has 0 radical (unpaired) electrons. The van der Waals surface area contributed by atoms with E-state index in [1.165, 1.54) is 17.0 Å². The lowest BCUT2D eigenvalue weighted by Gasteiger charge is -2.08. The van der Waals surface area contributed by atoms with Gasteiger partial charge < -0.3 is 4.57 Å². The third-order valence-electron chi connectivity index (χ3n) is 4.38. The summed E-state index contributed by atoms with van der Waals surface area (Å²) in [7, 11) is 3.11. The van der Waals surface area contributed by atoms with Crippen molar-refractivity contribution in [3.05, 3.63) is 75.2 Å². The van der Waals surface area contributed by atoms with Crippen LogP contribution in [-0.2, 0) is 20.6 Å². The number of aromatic nitrogens is 4. The first-order chi connectivity index (χ1) is 11.6. The molecule has 0 unspecified atom stereocenters. The second kappa shape index (κ2) is 5.19. The first kappa shape index (κ1) is 14.4. The van der Waals surface area contributed by atoms with E-state index in [0.29, 0.717) is 17.7 Å². The molecule has 2 heterocycles. The van der Waals surface area contributed by atoms with E-state index in [2.05, 4.69) is 29.2 Å². The summed E-state index contributed by atoms with van der Waals surface area (Å²) >= 11 is 0. The highest BCUT2D eigenvalue weighted by Gasteiger charge is 2.14. The van der Waals surface area contributed by atoms with Gasteiger partial charge in [-0.1, -0.05) is 36.4 Å². The minimum atomic E-state index is -0.372. The molecule has 120 valence electrons. The molecule has 0 saturated carbocycles. The van der Waals surface area contributed by atoms with E-state index in [1.807, 2.05) is 18.2 Å². The van der Waals surface area contributed by atoms with Crippen LogP contribution in [0, 0.1) is 0 Å². The molecule has 0 bridgehead atoms. The zero-order chi connectivity index (χ0) is 16.8. The van der Waals surface area contributed by atoms with E-state index in [1.54, 1.807) is 17.9 Å². The zero-order valence-corrected chi connectivity index (χ0v) is 13.4. The number of fused-ring (bicyclic) bond motifs is 2. The van der Waals surface area contributed by atoms with Crippen molar-refractivity contribution >= 4 is 21.9 Å². The fraction of sp³-hybridized carbons (Fsp3) is 0.167. The van der Waals surface area contributed by atoms with Crippen molar-refractivity contribution in [1.82, 2.24) is 18.7 Å². The lowest BCUT2D eigenvalue weighted by Crippen LogP contribution is -2.37. The Balaban J connectivity index is 1.87. The van der Waals surface area contributed by atoms with Crippen LogP contribution in [0.1, 0.15) is 5.56 Å². The summed E-state index contributed by atoms with van der Waals surface area (Å²) < 4.78 is 4.30. The number of benzene rings is 2. The maximum absolute atomic E-state index is 12.5. The summed E-state index contributed by atoms with van der Waals surface area (Å²) in [6.07, 6.45) is 1.61. The molecule has 2 aromatic carbocycles. The van der Waals surface area contributed by atoms with E-state index in [4.69, 9.17) is 0 Å². The van der Waals surface area contributed by atoms with Gasteiger partial charge in [-0.25, -0.2) is 9.78 Å². The monoisotopic (exact) mass is 320 g/mol. The normalized spacial score (nSPS) is 11.4. The molecule has 4 rings (SSSR count). The summed E-state index contributed by atoms with van der Waals surface area (Å²) in [5.41, 5.74) is 1.22. The molecule has 0 aliphatic heterocycles. The van der Waals surface area contributed by atoms with Crippen LogP contribution in [0.5, 0.6) is 0 Å². The minimum absolute atomic E-state index is 0.327. The summed E-state index contributed by atoms with van der Waals surface area (Å²) in [5.74, 6) is 0. The van der Waals surface area contributed by atoms with E-state index < -0.39 is 0 Å². The molecule has 6 nitrogen and oxygen atoms in total. The van der Waals surface area contributed by atoms with Crippen LogP contribution in [0.25, 0.3) is 21.9 Å². The summed E-state index contributed by atoms with van der Waals surface area (Å²) in [6.45, 7) is 0.523. The van der Waals surface area contributed by atoms with Crippen LogP contribution < -0.4 is 11.2 Å². The molecule has 4 aromatic rings. The molecule has 0 saturated heterocycles. The number of hydrogen-bond donors (Lipinski definition) is 0. The average molecular weight is 320 g/mol. The van der Waals surface area contributed by atoms with Crippen molar-refractivity contribution in [2.45, 2.75) is 6.54 Å². The Kier molecular flexibility index (Phi) is 3.13. The molecule has 0 spiro atoms.